The third-order valence-electron chi connectivity index (χ3n) is 2.88. The highest BCUT2D eigenvalue weighted by Gasteiger charge is 2.16. The third-order valence-corrected chi connectivity index (χ3v) is 2.88. The van der Waals surface area contributed by atoms with Crippen LogP contribution >= 0.6 is 0 Å². The summed E-state index contributed by atoms with van der Waals surface area (Å²) in [6, 6.07) is 0.225. The Bertz CT molecular complexity index is 207. The Morgan fingerprint density at radius 3 is 2.93 bits per heavy atom. The second-order valence-corrected chi connectivity index (χ2v) is 4.01. The maximum absolute atomic E-state index is 5.54. The van der Waals surface area contributed by atoms with E-state index in [1.165, 1.54) is 5.57 Å². The number of ether oxygens (including phenoxy) is 2. The minimum Gasteiger partial charge on any atom is -0.501 e. The molecule has 3 N–H and O–H groups in total. The first-order chi connectivity index (χ1) is 7.27. The van der Waals surface area contributed by atoms with Gasteiger partial charge in [-0.15, -0.1) is 0 Å². The van der Waals surface area contributed by atoms with Crippen LogP contribution in [0.2, 0.25) is 0 Å². The number of nitrogens with two attached hydrogens (primary N) is 1. The SMILES string of the molecule is COC(C)CCC(NN)C1=COCCC1. The molecule has 0 spiro atoms. The van der Waals surface area contributed by atoms with Crippen LogP contribution in [0.1, 0.15) is 32.6 Å². The molecule has 88 valence electrons. The van der Waals surface area contributed by atoms with Crippen LogP contribution in [0, 0.1) is 0 Å². The van der Waals surface area contributed by atoms with Crippen molar-refractivity contribution in [1.82, 2.24) is 5.43 Å². The molecule has 0 aromatic carbocycles. The molecule has 2 atom stereocenters. The Hall–Kier alpha value is -0.580. The van der Waals surface area contributed by atoms with Gasteiger partial charge in [-0.25, -0.2) is 0 Å². The third kappa shape index (κ3) is 4.20. The summed E-state index contributed by atoms with van der Waals surface area (Å²) < 4.78 is 10.5. The van der Waals surface area contributed by atoms with Crippen molar-refractivity contribution in [1.29, 1.82) is 0 Å². The van der Waals surface area contributed by atoms with Crippen LogP contribution in [0.25, 0.3) is 0 Å². The standard InChI is InChI=1S/C11H22N2O2/c1-9(14-2)5-6-11(13-12)10-4-3-7-15-8-10/h8-9,11,13H,3-7,12H2,1-2H3. The molecule has 0 fully saturated rings. The molecule has 0 amide bonds. The largest absolute Gasteiger partial charge is 0.501 e. The van der Waals surface area contributed by atoms with Gasteiger partial charge in [-0.1, -0.05) is 0 Å². The monoisotopic (exact) mass is 214 g/mol. The van der Waals surface area contributed by atoms with Crippen molar-refractivity contribution >= 4 is 0 Å². The van der Waals surface area contributed by atoms with E-state index in [1.54, 1.807) is 7.11 Å². The molecule has 15 heavy (non-hydrogen) atoms. The number of hydrazine groups is 1. The molecule has 0 aromatic heterocycles. The van der Waals surface area contributed by atoms with Gasteiger partial charge in [0.25, 0.3) is 0 Å². The molecule has 1 heterocycles. The van der Waals surface area contributed by atoms with E-state index < -0.39 is 0 Å². The fraction of sp³-hybridized carbons (Fsp3) is 0.818. The van der Waals surface area contributed by atoms with E-state index in [9.17, 15) is 0 Å². The summed E-state index contributed by atoms with van der Waals surface area (Å²) in [5.41, 5.74) is 4.12. The Labute approximate surface area is 91.8 Å². The van der Waals surface area contributed by atoms with E-state index in [2.05, 4.69) is 12.3 Å². The molecule has 4 nitrogen and oxygen atoms in total. The summed E-state index contributed by atoms with van der Waals surface area (Å²) in [4.78, 5) is 0. The normalized spacial score (nSPS) is 20.3. The lowest BCUT2D eigenvalue weighted by Crippen LogP contribution is -2.38. The Kier molecular flexibility index (Phi) is 5.68. The summed E-state index contributed by atoms with van der Waals surface area (Å²) in [6.45, 7) is 2.90. The number of nitrogens with one attached hydrogen (secondary N) is 1. The maximum Gasteiger partial charge on any atom is 0.0876 e. The van der Waals surface area contributed by atoms with Gasteiger partial charge in [0.2, 0.25) is 0 Å². The van der Waals surface area contributed by atoms with Crippen molar-refractivity contribution in [3.63, 3.8) is 0 Å². The highest BCUT2D eigenvalue weighted by atomic mass is 16.5. The molecule has 0 radical (unpaired) electrons. The van der Waals surface area contributed by atoms with Gasteiger partial charge in [0.05, 0.1) is 19.0 Å². The van der Waals surface area contributed by atoms with Gasteiger partial charge in [-0.2, -0.15) is 0 Å². The van der Waals surface area contributed by atoms with Crippen molar-refractivity contribution in [2.75, 3.05) is 13.7 Å². The summed E-state index contributed by atoms with van der Waals surface area (Å²) in [7, 11) is 1.73. The van der Waals surface area contributed by atoms with Gasteiger partial charge in [-0.05, 0) is 38.2 Å². The number of hydrogen-bond donors (Lipinski definition) is 2. The summed E-state index contributed by atoms with van der Waals surface area (Å²) >= 11 is 0. The average molecular weight is 214 g/mol. The van der Waals surface area contributed by atoms with Gasteiger partial charge in [0, 0.05) is 13.2 Å². The Morgan fingerprint density at radius 2 is 2.40 bits per heavy atom. The molecule has 0 bridgehead atoms. The molecule has 1 aliphatic heterocycles. The lowest BCUT2D eigenvalue weighted by atomic mass is 9.97. The minimum atomic E-state index is 0.225. The van der Waals surface area contributed by atoms with Crippen LogP contribution in [-0.2, 0) is 9.47 Å². The lowest BCUT2D eigenvalue weighted by molar-refractivity contribution is 0.106. The first-order valence-electron chi connectivity index (χ1n) is 5.57. The molecule has 4 heteroatoms. The lowest BCUT2D eigenvalue weighted by Gasteiger charge is -2.23. The molecule has 1 rings (SSSR count). The number of rotatable bonds is 6. The first-order valence-corrected chi connectivity index (χ1v) is 5.57. The molecule has 0 aromatic rings. The molecule has 0 aliphatic carbocycles. The van der Waals surface area contributed by atoms with Crippen LogP contribution in [0.3, 0.4) is 0 Å². The average Bonchev–Trinajstić information content (AvgIpc) is 2.31. The van der Waals surface area contributed by atoms with Crippen LogP contribution in [0.4, 0.5) is 0 Å². The fourth-order valence-corrected chi connectivity index (χ4v) is 1.74. The van der Waals surface area contributed by atoms with Crippen molar-refractivity contribution < 1.29 is 9.47 Å². The van der Waals surface area contributed by atoms with Crippen LogP contribution in [-0.4, -0.2) is 25.9 Å². The second-order valence-electron chi connectivity index (χ2n) is 4.01. The zero-order valence-electron chi connectivity index (χ0n) is 9.66. The molecule has 0 saturated carbocycles. The highest BCUT2D eigenvalue weighted by molar-refractivity contribution is 5.09. The maximum atomic E-state index is 5.54. The van der Waals surface area contributed by atoms with Crippen LogP contribution in [0.5, 0.6) is 0 Å². The van der Waals surface area contributed by atoms with Crippen LogP contribution in [0.15, 0.2) is 11.8 Å². The van der Waals surface area contributed by atoms with Crippen molar-refractivity contribution in [2.45, 2.75) is 44.8 Å². The Balaban J connectivity index is 2.37. The highest BCUT2D eigenvalue weighted by Crippen LogP contribution is 2.19. The Morgan fingerprint density at radius 1 is 1.60 bits per heavy atom. The van der Waals surface area contributed by atoms with Gasteiger partial charge in [-0.3, -0.25) is 11.3 Å². The van der Waals surface area contributed by atoms with E-state index in [0.29, 0.717) is 0 Å². The van der Waals surface area contributed by atoms with Gasteiger partial charge in [0.1, 0.15) is 0 Å². The molecule has 0 saturated heterocycles. The summed E-state index contributed by atoms with van der Waals surface area (Å²) in [6.07, 6.45) is 6.29. The predicted molar refractivity (Wildman–Crippen MR) is 60.1 cm³/mol. The molecule has 1 aliphatic rings. The minimum absolute atomic E-state index is 0.225. The number of methoxy groups -OCH3 is 1. The number of hydrogen-bond acceptors (Lipinski definition) is 4. The predicted octanol–water partition coefficient (Wildman–Crippen LogP) is 1.33. The summed E-state index contributed by atoms with van der Waals surface area (Å²) in [5, 5.41) is 0. The first kappa shape index (κ1) is 12.5. The van der Waals surface area contributed by atoms with Crippen LogP contribution < -0.4 is 11.3 Å². The quantitative estimate of drug-likeness (QED) is 0.517. The zero-order valence-corrected chi connectivity index (χ0v) is 9.66. The van der Waals surface area contributed by atoms with Gasteiger partial charge < -0.3 is 9.47 Å². The fourth-order valence-electron chi connectivity index (χ4n) is 1.74. The van der Waals surface area contributed by atoms with E-state index in [1.807, 2.05) is 6.26 Å². The summed E-state index contributed by atoms with van der Waals surface area (Å²) in [5.74, 6) is 5.54. The zero-order chi connectivity index (χ0) is 11.1. The van der Waals surface area contributed by atoms with E-state index in [4.69, 9.17) is 15.3 Å². The van der Waals surface area contributed by atoms with Gasteiger partial charge >= 0.3 is 0 Å². The van der Waals surface area contributed by atoms with Gasteiger partial charge in [0.15, 0.2) is 0 Å². The second kappa shape index (κ2) is 6.82. The molecular formula is C11H22N2O2. The van der Waals surface area contributed by atoms with Crippen molar-refractivity contribution in [3.8, 4) is 0 Å². The van der Waals surface area contributed by atoms with Crippen molar-refractivity contribution in [2.24, 2.45) is 5.84 Å². The molecular weight excluding hydrogens is 192 g/mol. The van der Waals surface area contributed by atoms with E-state index in [0.717, 1.165) is 32.3 Å². The van der Waals surface area contributed by atoms with E-state index >= 15 is 0 Å². The topological polar surface area (TPSA) is 56.5 Å². The smallest absolute Gasteiger partial charge is 0.0876 e. The van der Waals surface area contributed by atoms with E-state index in [-0.39, 0.29) is 12.1 Å². The van der Waals surface area contributed by atoms with Crippen molar-refractivity contribution in [3.05, 3.63) is 11.8 Å². The molecule has 2 unspecified atom stereocenters.